The highest BCUT2D eigenvalue weighted by Crippen LogP contribution is 2.19. The highest BCUT2D eigenvalue weighted by atomic mass is 127. The van der Waals surface area contributed by atoms with E-state index < -0.39 is 0 Å². The van der Waals surface area contributed by atoms with Crippen molar-refractivity contribution >= 4 is 34.3 Å². The molecule has 3 aromatic rings. The summed E-state index contributed by atoms with van der Waals surface area (Å²) in [5, 5.41) is 3.05. The van der Waals surface area contributed by atoms with E-state index >= 15 is 0 Å². The first kappa shape index (κ1) is 18.9. The molecule has 0 bridgehead atoms. The van der Waals surface area contributed by atoms with Gasteiger partial charge in [-0.05, 0) is 59.0 Å². The maximum atomic E-state index is 12.9. The predicted molar refractivity (Wildman–Crippen MR) is 117 cm³/mol. The molecule has 2 aromatic heterocycles. The predicted octanol–water partition coefficient (Wildman–Crippen LogP) is 3.24. The number of rotatable bonds is 5. The van der Waals surface area contributed by atoms with Crippen LogP contribution >= 0.6 is 22.6 Å². The van der Waals surface area contributed by atoms with E-state index in [-0.39, 0.29) is 5.91 Å². The second kappa shape index (κ2) is 8.74. The van der Waals surface area contributed by atoms with Gasteiger partial charge >= 0.3 is 0 Å². The Bertz CT molecular complexity index is 966. The number of morpholine rings is 1. The summed E-state index contributed by atoms with van der Waals surface area (Å²) in [6.45, 7) is 3.45. The number of ether oxygens (including phenoxy) is 1. The lowest BCUT2D eigenvalue weighted by Gasteiger charge is -2.29. The first-order valence-electron chi connectivity index (χ1n) is 9.20. The average molecular weight is 488 g/mol. The fourth-order valence-electron chi connectivity index (χ4n) is 3.31. The van der Waals surface area contributed by atoms with Gasteiger partial charge in [0.15, 0.2) is 0 Å². The van der Waals surface area contributed by atoms with Crippen LogP contribution in [0.5, 0.6) is 0 Å². The van der Waals surface area contributed by atoms with Crippen molar-refractivity contribution in [1.29, 1.82) is 0 Å². The number of nitrogens with one attached hydrogen (secondary N) is 1. The minimum Gasteiger partial charge on any atom is -0.378 e. The Hall–Kier alpha value is -2.39. The van der Waals surface area contributed by atoms with Crippen LogP contribution in [-0.4, -0.2) is 41.8 Å². The molecule has 0 aliphatic carbocycles. The second-order valence-electron chi connectivity index (χ2n) is 6.51. The summed E-state index contributed by atoms with van der Waals surface area (Å²) in [7, 11) is 0. The van der Waals surface area contributed by atoms with Gasteiger partial charge in [-0.3, -0.25) is 4.79 Å². The van der Waals surface area contributed by atoms with Crippen LogP contribution in [-0.2, 0) is 11.3 Å². The number of halogens is 1. The summed E-state index contributed by atoms with van der Waals surface area (Å²) in [4.78, 5) is 19.6. The number of aromatic nitrogens is 2. The number of anilines is 1. The van der Waals surface area contributed by atoms with Crippen molar-refractivity contribution in [3.8, 4) is 5.69 Å². The van der Waals surface area contributed by atoms with Crippen molar-refractivity contribution in [3.05, 3.63) is 75.8 Å². The molecule has 1 amide bonds. The van der Waals surface area contributed by atoms with E-state index in [9.17, 15) is 4.79 Å². The molecule has 144 valence electrons. The molecule has 1 N–H and O–H groups in total. The van der Waals surface area contributed by atoms with Gasteiger partial charge in [-0.15, -0.1) is 0 Å². The van der Waals surface area contributed by atoms with Crippen molar-refractivity contribution in [1.82, 2.24) is 14.9 Å². The molecule has 1 aliphatic rings. The smallest absolute Gasteiger partial charge is 0.268 e. The molecule has 6 nitrogen and oxygen atoms in total. The molecule has 0 radical (unpaired) electrons. The molecule has 1 aromatic carbocycles. The zero-order valence-corrected chi connectivity index (χ0v) is 17.5. The fourth-order valence-corrected chi connectivity index (χ4v) is 3.84. The summed E-state index contributed by atoms with van der Waals surface area (Å²) in [6.07, 6.45) is 3.70. The third-order valence-corrected chi connectivity index (χ3v) is 5.36. The third kappa shape index (κ3) is 4.20. The fraction of sp³-hybridized carbons (Fsp3) is 0.238. The van der Waals surface area contributed by atoms with E-state index in [1.54, 1.807) is 6.20 Å². The molecule has 1 aliphatic heterocycles. The number of carbonyl (C=O) groups is 1. The van der Waals surface area contributed by atoms with Crippen molar-refractivity contribution < 1.29 is 9.53 Å². The van der Waals surface area contributed by atoms with Crippen molar-refractivity contribution in [2.45, 2.75) is 6.54 Å². The lowest BCUT2D eigenvalue weighted by molar-refractivity contribution is 0.0944. The van der Waals surface area contributed by atoms with Gasteiger partial charge in [0, 0.05) is 46.8 Å². The minimum atomic E-state index is -0.111. The highest BCUT2D eigenvalue weighted by Gasteiger charge is 2.17. The van der Waals surface area contributed by atoms with E-state index in [2.05, 4.69) is 43.9 Å². The van der Waals surface area contributed by atoms with Gasteiger partial charge in [0.1, 0.15) is 11.5 Å². The Morgan fingerprint density at radius 3 is 2.82 bits per heavy atom. The lowest BCUT2D eigenvalue weighted by Crippen LogP contribution is -2.38. The first-order valence-corrected chi connectivity index (χ1v) is 10.3. The van der Waals surface area contributed by atoms with Crippen LogP contribution in [0.3, 0.4) is 0 Å². The number of amides is 1. The zero-order valence-electron chi connectivity index (χ0n) is 15.3. The molecular formula is C21H21IN4O2. The molecule has 4 rings (SSSR count). The van der Waals surface area contributed by atoms with Gasteiger partial charge < -0.3 is 19.5 Å². The molecule has 0 atom stereocenters. The normalized spacial score (nSPS) is 14.1. The molecule has 28 heavy (non-hydrogen) atoms. The molecule has 0 unspecified atom stereocenters. The summed E-state index contributed by atoms with van der Waals surface area (Å²) in [5.74, 6) is 0.805. The van der Waals surface area contributed by atoms with Gasteiger partial charge in [-0.25, -0.2) is 4.98 Å². The molecule has 1 saturated heterocycles. The Labute approximate surface area is 177 Å². The van der Waals surface area contributed by atoms with Crippen LogP contribution < -0.4 is 10.2 Å². The van der Waals surface area contributed by atoms with Crippen molar-refractivity contribution in [3.63, 3.8) is 0 Å². The van der Waals surface area contributed by atoms with Crippen molar-refractivity contribution in [2.75, 3.05) is 31.2 Å². The Balaban J connectivity index is 1.50. The Morgan fingerprint density at radius 2 is 2.00 bits per heavy atom. The van der Waals surface area contributed by atoms with Crippen LogP contribution in [0.1, 0.15) is 16.1 Å². The van der Waals surface area contributed by atoms with Crippen LogP contribution in [0.25, 0.3) is 5.69 Å². The number of pyridine rings is 1. The minimum absolute atomic E-state index is 0.111. The van der Waals surface area contributed by atoms with Crippen molar-refractivity contribution in [2.24, 2.45) is 0 Å². The van der Waals surface area contributed by atoms with E-state index in [1.807, 2.05) is 53.2 Å². The lowest BCUT2D eigenvalue weighted by atomic mass is 10.2. The van der Waals surface area contributed by atoms with Gasteiger partial charge in [0.05, 0.1) is 13.2 Å². The molecule has 1 fully saturated rings. The molecular weight excluding hydrogens is 467 g/mol. The molecule has 0 spiro atoms. The molecule has 7 heteroatoms. The monoisotopic (exact) mass is 488 g/mol. The largest absolute Gasteiger partial charge is 0.378 e. The summed E-state index contributed by atoms with van der Waals surface area (Å²) in [6, 6.07) is 15.7. The van der Waals surface area contributed by atoms with Gasteiger partial charge in [0.25, 0.3) is 5.91 Å². The quantitative estimate of drug-likeness (QED) is 0.561. The number of carbonyl (C=O) groups excluding carboxylic acids is 1. The zero-order chi connectivity index (χ0) is 19.3. The number of nitrogens with zero attached hydrogens (tertiary/aromatic N) is 3. The van der Waals surface area contributed by atoms with Gasteiger partial charge in [-0.2, -0.15) is 0 Å². The van der Waals surface area contributed by atoms with Crippen LogP contribution in [0, 0.1) is 3.57 Å². The summed E-state index contributed by atoms with van der Waals surface area (Å²) in [5.41, 5.74) is 2.58. The highest BCUT2D eigenvalue weighted by molar-refractivity contribution is 14.1. The summed E-state index contributed by atoms with van der Waals surface area (Å²) >= 11 is 2.27. The maximum absolute atomic E-state index is 12.9. The van der Waals surface area contributed by atoms with Crippen LogP contribution in [0.4, 0.5) is 5.82 Å². The molecule has 0 saturated carbocycles. The van der Waals surface area contributed by atoms with E-state index in [0.29, 0.717) is 25.5 Å². The van der Waals surface area contributed by atoms with Gasteiger partial charge in [-0.1, -0.05) is 12.1 Å². The van der Waals surface area contributed by atoms with E-state index in [1.165, 1.54) is 0 Å². The molecule has 3 heterocycles. The Morgan fingerprint density at radius 1 is 1.14 bits per heavy atom. The first-order chi connectivity index (χ1) is 13.7. The van der Waals surface area contributed by atoms with Crippen LogP contribution in [0.15, 0.2) is 60.9 Å². The number of benzene rings is 1. The maximum Gasteiger partial charge on any atom is 0.268 e. The van der Waals surface area contributed by atoms with E-state index in [0.717, 1.165) is 33.7 Å². The van der Waals surface area contributed by atoms with Gasteiger partial charge in [0.2, 0.25) is 0 Å². The topological polar surface area (TPSA) is 59.4 Å². The summed E-state index contributed by atoms with van der Waals surface area (Å²) < 4.78 is 8.46. The average Bonchev–Trinajstić information content (AvgIpc) is 3.23. The second-order valence-corrected chi connectivity index (χ2v) is 7.76. The SMILES string of the molecule is O=C(NCc1cccnc1N1CCOCC1)c1cccn1-c1cccc(I)c1. The third-order valence-electron chi connectivity index (χ3n) is 4.69. The Kier molecular flexibility index (Phi) is 5.92. The number of hydrogen-bond acceptors (Lipinski definition) is 4. The number of hydrogen-bond donors (Lipinski definition) is 1. The van der Waals surface area contributed by atoms with E-state index in [4.69, 9.17) is 4.74 Å². The van der Waals surface area contributed by atoms with Crippen LogP contribution in [0.2, 0.25) is 0 Å². The standard InChI is InChI=1S/C21H21IN4O2/c22-17-5-1-6-18(14-17)26-9-3-7-19(26)21(27)24-15-16-4-2-8-23-20(16)25-10-12-28-13-11-25/h1-9,14H,10-13,15H2,(H,24,27).